The van der Waals surface area contributed by atoms with Crippen LogP contribution in [0.1, 0.15) is 61.0 Å². The largest absolute Gasteiger partial charge is 0.497 e. The first-order valence-corrected chi connectivity index (χ1v) is 16.3. The lowest BCUT2D eigenvalue weighted by atomic mass is 10.00. The highest BCUT2D eigenvalue weighted by molar-refractivity contribution is 7.91. The van der Waals surface area contributed by atoms with Crippen molar-refractivity contribution in [3.05, 3.63) is 95.1 Å². The molecule has 0 heterocycles. The molecular formula is C33H42F2N2O5S. The number of benzene rings is 3. The summed E-state index contributed by atoms with van der Waals surface area (Å²) in [6, 6.07) is 15.3. The lowest BCUT2D eigenvalue weighted by Crippen LogP contribution is -2.48. The molecule has 0 aliphatic carbocycles. The summed E-state index contributed by atoms with van der Waals surface area (Å²) in [6.45, 7) is 4.51. The Bertz CT molecular complexity index is 1420. The molecule has 2 atom stereocenters. The number of methoxy groups -OCH3 is 1. The van der Waals surface area contributed by atoms with Crippen molar-refractivity contribution in [1.29, 1.82) is 0 Å². The molecule has 43 heavy (non-hydrogen) atoms. The van der Waals surface area contributed by atoms with Gasteiger partial charge in [-0.1, -0.05) is 44.9 Å². The molecule has 3 rings (SSSR count). The van der Waals surface area contributed by atoms with E-state index < -0.39 is 39.5 Å². The fourth-order valence-corrected chi connectivity index (χ4v) is 6.91. The van der Waals surface area contributed by atoms with E-state index in [1.165, 1.54) is 24.3 Å². The number of aliphatic hydroxyl groups is 1. The Morgan fingerprint density at radius 2 is 1.60 bits per heavy atom. The number of halogens is 2. The highest BCUT2D eigenvalue weighted by Gasteiger charge is 2.25. The minimum absolute atomic E-state index is 0.00514. The van der Waals surface area contributed by atoms with Gasteiger partial charge in [0, 0.05) is 24.7 Å². The molecule has 234 valence electrons. The van der Waals surface area contributed by atoms with Crippen molar-refractivity contribution in [1.82, 2.24) is 10.6 Å². The number of hydrogen-bond donors (Lipinski definition) is 3. The third-order valence-electron chi connectivity index (χ3n) is 7.28. The first-order valence-electron chi connectivity index (χ1n) is 14.6. The zero-order chi connectivity index (χ0) is 31.4. The van der Waals surface area contributed by atoms with Gasteiger partial charge in [0.2, 0.25) is 0 Å². The Hall–Kier alpha value is -3.34. The van der Waals surface area contributed by atoms with Crippen LogP contribution in [0.25, 0.3) is 0 Å². The summed E-state index contributed by atoms with van der Waals surface area (Å²) in [6.07, 6.45) is 2.18. The second kappa shape index (κ2) is 16.5. The van der Waals surface area contributed by atoms with Crippen LogP contribution in [-0.2, 0) is 22.8 Å². The van der Waals surface area contributed by atoms with Gasteiger partial charge in [-0.15, -0.1) is 0 Å². The van der Waals surface area contributed by atoms with Crippen molar-refractivity contribution in [3.63, 3.8) is 0 Å². The molecule has 3 aromatic carbocycles. The van der Waals surface area contributed by atoms with Crippen molar-refractivity contribution in [2.24, 2.45) is 5.92 Å². The summed E-state index contributed by atoms with van der Waals surface area (Å²) >= 11 is 0. The lowest BCUT2D eigenvalue weighted by molar-refractivity contribution is 0.0829. The van der Waals surface area contributed by atoms with E-state index >= 15 is 0 Å². The Labute approximate surface area is 253 Å². The van der Waals surface area contributed by atoms with Crippen LogP contribution in [0.5, 0.6) is 5.75 Å². The molecule has 0 aliphatic heterocycles. The van der Waals surface area contributed by atoms with E-state index in [9.17, 15) is 27.1 Å². The van der Waals surface area contributed by atoms with Crippen LogP contribution in [0, 0.1) is 17.6 Å². The fourth-order valence-electron chi connectivity index (χ4n) is 5.17. The molecule has 0 aliphatic rings. The average Bonchev–Trinajstić information content (AvgIpc) is 2.96. The highest BCUT2D eigenvalue weighted by atomic mass is 32.2. The standard InChI is InChI=1S/C33H42F2N2O5S/c1-4-8-23(9-5-2)22-43(40,41)30-13-7-11-26(18-30)33(39)37-31(17-25-14-27(34)19-28(35)15-25)32(38)21-36-20-24-10-6-12-29(16-24)42-3/h6-7,10-16,18-19,23,31-32,36,38H,4-5,8-9,17,20-22H2,1-3H3,(H,37,39). The van der Waals surface area contributed by atoms with E-state index in [-0.39, 0.29) is 40.7 Å². The predicted octanol–water partition coefficient (Wildman–Crippen LogP) is 5.46. The molecule has 0 aromatic heterocycles. The molecule has 3 N–H and O–H groups in total. The summed E-state index contributed by atoms with van der Waals surface area (Å²) < 4.78 is 59.5. The third kappa shape index (κ3) is 10.7. The topological polar surface area (TPSA) is 105 Å². The van der Waals surface area contributed by atoms with E-state index in [2.05, 4.69) is 10.6 Å². The molecule has 0 bridgehead atoms. The summed E-state index contributed by atoms with van der Waals surface area (Å²) in [5.74, 6) is -1.42. The number of carbonyl (C=O) groups is 1. The molecule has 0 spiro atoms. The number of hydrogen-bond acceptors (Lipinski definition) is 6. The fraction of sp³-hybridized carbons (Fsp3) is 0.424. The molecular weight excluding hydrogens is 574 g/mol. The Balaban J connectivity index is 1.78. The van der Waals surface area contributed by atoms with Crippen molar-refractivity contribution in [2.75, 3.05) is 19.4 Å². The van der Waals surface area contributed by atoms with E-state index in [1.54, 1.807) is 7.11 Å². The van der Waals surface area contributed by atoms with Crippen LogP contribution in [0.3, 0.4) is 0 Å². The number of ether oxygens (including phenoxy) is 1. The van der Waals surface area contributed by atoms with Gasteiger partial charge in [-0.2, -0.15) is 0 Å². The van der Waals surface area contributed by atoms with E-state index in [0.29, 0.717) is 12.3 Å². The van der Waals surface area contributed by atoms with Crippen LogP contribution in [0.15, 0.2) is 71.6 Å². The predicted molar refractivity (Wildman–Crippen MR) is 164 cm³/mol. The minimum Gasteiger partial charge on any atom is -0.497 e. The van der Waals surface area contributed by atoms with Gasteiger partial charge in [-0.3, -0.25) is 4.79 Å². The summed E-state index contributed by atoms with van der Waals surface area (Å²) in [5, 5.41) is 17.0. The quantitative estimate of drug-likeness (QED) is 0.186. The zero-order valence-electron chi connectivity index (χ0n) is 25.0. The zero-order valence-corrected chi connectivity index (χ0v) is 25.8. The molecule has 0 saturated heterocycles. The van der Waals surface area contributed by atoms with Gasteiger partial charge < -0.3 is 20.5 Å². The number of rotatable bonds is 17. The second-order valence-corrected chi connectivity index (χ2v) is 12.9. The summed E-state index contributed by atoms with van der Waals surface area (Å²) in [4.78, 5) is 13.4. The lowest BCUT2D eigenvalue weighted by Gasteiger charge is -2.25. The van der Waals surface area contributed by atoms with Gasteiger partial charge in [0.15, 0.2) is 9.84 Å². The summed E-state index contributed by atoms with van der Waals surface area (Å²) in [7, 11) is -2.07. The number of amides is 1. The van der Waals surface area contributed by atoms with Gasteiger partial charge in [0.25, 0.3) is 5.91 Å². The third-order valence-corrected chi connectivity index (χ3v) is 9.16. The first-order chi connectivity index (χ1) is 20.5. The normalized spacial score (nSPS) is 13.1. The van der Waals surface area contributed by atoms with E-state index in [0.717, 1.165) is 49.4 Å². The minimum atomic E-state index is -3.64. The van der Waals surface area contributed by atoms with E-state index in [1.807, 2.05) is 38.1 Å². The summed E-state index contributed by atoms with van der Waals surface area (Å²) in [5.41, 5.74) is 1.27. The van der Waals surface area contributed by atoms with Crippen LogP contribution >= 0.6 is 0 Å². The molecule has 10 heteroatoms. The average molecular weight is 617 g/mol. The smallest absolute Gasteiger partial charge is 0.251 e. The highest BCUT2D eigenvalue weighted by Crippen LogP contribution is 2.22. The van der Waals surface area contributed by atoms with Gasteiger partial charge in [-0.25, -0.2) is 17.2 Å². The maximum Gasteiger partial charge on any atom is 0.251 e. The van der Waals surface area contributed by atoms with Gasteiger partial charge in [-0.05, 0) is 78.8 Å². The van der Waals surface area contributed by atoms with Crippen LogP contribution < -0.4 is 15.4 Å². The monoisotopic (exact) mass is 616 g/mol. The van der Waals surface area contributed by atoms with Gasteiger partial charge >= 0.3 is 0 Å². The van der Waals surface area contributed by atoms with Crippen LogP contribution in [0.2, 0.25) is 0 Å². The molecule has 0 saturated carbocycles. The number of carbonyl (C=O) groups excluding carboxylic acids is 1. The van der Waals surface area contributed by atoms with Gasteiger partial charge in [0.1, 0.15) is 17.4 Å². The maximum absolute atomic E-state index is 13.9. The molecule has 0 radical (unpaired) electrons. The molecule has 1 amide bonds. The molecule has 0 fully saturated rings. The maximum atomic E-state index is 13.9. The van der Waals surface area contributed by atoms with Crippen molar-refractivity contribution in [2.45, 2.75) is 69.5 Å². The van der Waals surface area contributed by atoms with Crippen molar-refractivity contribution in [3.8, 4) is 5.75 Å². The SMILES string of the molecule is CCCC(CCC)CS(=O)(=O)c1cccc(C(=O)NC(Cc2cc(F)cc(F)c2)C(O)CNCc2cccc(OC)c2)c1. The van der Waals surface area contributed by atoms with Crippen LogP contribution in [-0.4, -0.2) is 51.0 Å². The van der Waals surface area contributed by atoms with Crippen LogP contribution in [0.4, 0.5) is 8.78 Å². The van der Waals surface area contributed by atoms with Crippen molar-refractivity contribution < 1.29 is 31.8 Å². The number of sulfone groups is 1. The number of nitrogens with one attached hydrogen (secondary N) is 2. The van der Waals surface area contributed by atoms with Crippen molar-refractivity contribution >= 4 is 15.7 Å². The number of aliphatic hydroxyl groups excluding tert-OH is 1. The molecule has 2 unspecified atom stereocenters. The van der Waals surface area contributed by atoms with E-state index in [4.69, 9.17) is 4.74 Å². The van der Waals surface area contributed by atoms with Gasteiger partial charge in [0.05, 0.1) is 29.9 Å². The Morgan fingerprint density at radius 3 is 2.26 bits per heavy atom. The molecule has 3 aromatic rings. The first kappa shape index (κ1) is 34.2. The molecule has 7 nitrogen and oxygen atoms in total. The second-order valence-electron chi connectivity index (χ2n) is 10.9. The Morgan fingerprint density at radius 1 is 0.930 bits per heavy atom. The Kier molecular flexibility index (Phi) is 13.1.